The number of hydrogen-bond acceptors (Lipinski definition) is 6. The van der Waals surface area contributed by atoms with Crippen molar-refractivity contribution in [3.8, 4) is 11.5 Å². The third kappa shape index (κ3) is 6.71. The molecule has 0 fully saturated rings. The van der Waals surface area contributed by atoms with Crippen molar-refractivity contribution in [1.82, 2.24) is 0 Å². The molecule has 0 aromatic heterocycles. The van der Waals surface area contributed by atoms with Gasteiger partial charge < -0.3 is 25.5 Å². The highest BCUT2D eigenvalue weighted by Crippen LogP contribution is 2.16. The molecule has 132 valence electrons. The minimum atomic E-state index is -1.52. The molecule has 0 saturated carbocycles. The molecule has 2 rings (SSSR count). The summed E-state index contributed by atoms with van der Waals surface area (Å²) in [6.07, 6.45) is -1.67. The Morgan fingerprint density at radius 2 is 1.24 bits per heavy atom. The number of carboxylic acid groups (broad SMARTS) is 2. The van der Waals surface area contributed by atoms with Gasteiger partial charge in [0, 0.05) is 6.42 Å². The van der Waals surface area contributed by atoms with E-state index in [-0.39, 0.29) is 23.5 Å². The van der Waals surface area contributed by atoms with Gasteiger partial charge in [0.15, 0.2) is 6.10 Å². The highest BCUT2D eigenvalue weighted by Gasteiger charge is 2.14. The fourth-order valence-corrected chi connectivity index (χ4v) is 1.67. The maximum atomic E-state index is 10.7. The lowest BCUT2D eigenvalue weighted by Crippen LogP contribution is -2.14. The third-order valence-electron chi connectivity index (χ3n) is 2.98. The lowest BCUT2D eigenvalue weighted by molar-refractivity contribution is -0.148. The summed E-state index contributed by atoms with van der Waals surface area (Å²) < 4.78 is 0. The van der Waals surface area contributed by atoms with E-state index in [1.165, 1.54) is 48.5 Å². The van der Waals surface area contributed by atoms with Crippen LogP contribution in [-0.4, -0.2) is 43.3 Å². The number of phenols is 2. The number of Topliss-reactive ketones (excluding diaryl/α,β-unsaturated/α-hetero) is 1. The second-order valence-electron chi connectivity index (χ2n) is 4.90. The fraction of sp³-hybridized carbons (Fsp3) is 0.118. The smallest absolute Gasteiger partial charge is 0.372 e. The molecule has 8 heteroatoms. The van der Waals surface area contributed by atoms with Crippen LogP contribution in [0.2, 0.25) is 0 Å². The molecule has 0 heterocycles. The van der Waals surface area contributed by atoms with Crippen molar-refractivity contribution in [3.05, 3.63) is 59.7 Å². The second kappa shape index (κ2) is 9.04. The summed E-state index contributed by atoms with van der Waals surface area (Å²) in [5.74, 6) is -3.47. The van der Waals surface area contributed by atoms with Gasteiger partial charge >= 0.3 is 11.9 Å². The molecule has 0 aliphatic carbocycles. The number of carboxylic acids is 2. The van der Waals surface area contributed by atoms with Gasteiger partial charge in [-0.05, 0) is 35.4 Å². The SMILES string of the molecule is O=C(O)C(=O)Cc1ccc(O)cc1.O=C(O)C(O)c1ccc(O)cc1. The number of aromatic hydroxyl groups is 2. The zero-order chi connectivity index (χ0) is 19.0. The standard InChI is InChI=1S/C9H8O4.C8H8O4/c10-7-3-1-6(2-4-7)5-8(11)9(12)13;9-6-3-1-5(2-4-6)7(10)8(11)12/h1-4,10H,5H2,(H,12,13);1-4,7,9-10H,(H,11,12). The molecular formula is C17H16O8. The number of phenolic OH excluding ortho intramolecular Hbond substituents is 2. The Bertz CT molecular complexity index is 734. The van der Waals surface area contributed by atoms with Gasteiger partial charge in [0.2, 0.25) is 5.78 Å². The minimum absolute atomic E-state index is 0.0383. The fourth-order valence-electron chi connectivity index (χ4n) is 1.67. The Hall–Kier alpha value is -3.39. The van der Waals surface area contributed by atoms with E-state index in [1.54, 1.807) is 0 Å². The topological polar surface area (TPSA) is 152 Å². The number of benzene rings is 2. The van der Waals surface area contributed by atoms with Crippen molar-refractivity contribution in [2.75, 3.05) is 0 Å². The quantitative estimate of drug-likeness (QED) is 0.504. The van der Waals surface area contributed by atoms with Crippen molar-refractivity contribution in [3.63, 3.8) is 0 Å². The summed E-state index contributed by atoms with van der Waals surface area (Å²) in [7, 11) is 0. The van der Waals surface area contributed by atoms with Gasteiger partial charge in [0.1, 0.15) is 11.5 Å². The molecule has 1 unspecified atom stereocenters. The molecule has 0 amide bonds. The van der Waals surface area contributed by atoms with E-state index in [1.807, 2.05) is 0 Å². The highest BCUT2D eigenvalue weighted by atomic mass is 16.4. The first kappa shape index (κ1) is 19.7. The Morgan fingerprint density at radius 1 is 0.800 bits per heavy atom. The average Bonchev–Trinajstić information content (AvgIpc) is 2.57. The Labute approximate surface area is 142 Å². The maximum absolute atomic E-state index is 10.7. The largest absolute Gasteiger partial charge is 0.508 e. The molecule has 0 saturated heterocycles. The van der Waals surface area contributed by atoms with Gasteiger partial charge in [-0.1, -0.05) is 24.3 Å². The first-order valence-corrected chi connectivity index (χ1v) is 6.94. The monoisotopic (exact) mass is 348 g/mol. The van der Waals surface area contributed by atoms with E-state index >= 15 is 0 Å². The van der Waals surface area contributed by atoms with Crippen molar-refractivity contribution >= 4 is 17.7 Å². The molecule has 2 aromatic rings. The lowest BCUT2D eigenvalue weighted by atomic mass is 10.1. The van der Waals surface area contributed by atoms with E-state index < -0.39 is 23.8 Å². The summed E-state index contributed by atoms with van der Waals surface area (Å²) in [4.78, 5) is 31.2. The molecule has 5 N–H and O–H groups in total. The summed E-state index contributed by atoms with van der Waals surface area (Å²) in [5, 5.41) is 43.4. The number of aliphatic carboxylic acids is 2. The predicted octanol–water partition coefficient (Wildman–Crippen LogP) is 1.10. The van der Waals surface area contributed by atoms with Crippen LogP contribution < -0.4 is 0 Å². The molecule has 8 nitrogen and oxygen atoms in total. The number of rotatable bonds is 5. The molecule has 0 aliphatic heterocycles. The molecule has 0 aliphatic rings. The average molecular weight is 348 g/mol. The number of hydrogen-bond donors (Lipinski definition) is 5. The van der Waals surface area contributed by atoms with Crippen LogP contribution in [0.15, 0.2) is 48.5 Å². The highest BCUT2D eigenvalue weighted by molar-refractivity contribution is 6.33. The van der Waals surface area contributed by atoms with Crippen LogP contribution in [0.4, 0.5) is 0 Å². The van der Waals surface area contributed by atoms with Crippen LogP contribution in [0.25, 0.3) is 0 Å². The minimum Gasteiger partial charge on any atom is -0.508 e. The Morgan fingerprint density at radius 3 is 1.64 bits per heavy atom. The van der Waals surface area contributed by atoms with E-state index in [2.05, 4.69) is 0 Å². The van der Waals surface area contributed by atoms with Crippen molar-refractivity contribution in [2.45, 2.75) is 12.5 Å². The summed E-state index contributed by atoms with van der Waals surface area (Å²) in [6, 6.07) is 11.2. The normalized spacial score (nSPS) is 10.9. The van der Waals surface area contributed by atoms with Gasteiger partial charge in [0.25, 0.3) is 0 Å². The van der Waals surface area contributed by atoms with Crippen LogP contribution in [0, 0.1) is 0 Å². The molecule has 2 aromatic carbocycles. The zero-order valence-electron chi connectivity index (χ0n) is 12.9. The number of aliphatic hydroxyl groups excluding tert-OH is 1. The Balaban J connectivity index is 0.000000251. The second-order valence-corrected chi connectivity index (χ2v) is 4.90. The van der Waals surface area contributed by atoms with E-state index in [4.69, 9.17) is 25.5 Å². The van der Waals surface area contributed by atoms with E-state index in [0.29, 0.717) is 5.56 Å². The van der Waals surface area contributed by atoms with Gasteiger partial charge in [-0.2, -0.15) is 0 Å². The molecule has 0 bridgehead atoms. The van der Waals surface area contributed by atoms with Crippen molar-refractivity contribution in [2.24, 2.45) is 0 Å². The number of carbonyl (C=O) groups excluding carboxylic acids is 1. The van der Waals surface area contributed by atoms with Gasteiger partial charge in [-0.15, -0.1) is 0 Å². The predicted molar refractivity (Wildman–Crippen MR) is 85.2 cm³/mol. The summed E-state index contributed by atoms with van der Waals surface area (Å²) in [6.45, 7) is 0. The number of ketones is 1. The van der Waals surface area contributed by atoms with Crippen molar-refractivity contribution < 1.29 is 39.9 Å². The zero-order valence-corrected chi connectivity index (χ0v) is 12.9. The summed E-state index contributed by atoms with van der Waals surface area (Å²) >= 11 is 0. The lowest BCUT2D eigenvalue weighted by Gasteiger charge is -2.04. The van der Waals surface area contributed by atoms with Crippen molar-refractivity contribution in [1.29, 1.82) is 0 Å². The molecule has 0 spiro atoms. The van der Waals surface area contributed by atoms with Gasteiger partial charge in [-0.25, -0.2) is 9.59 Å². The first-order chi connectivity index (χ1) is 11.7. The van der Waals surface area contributed by atoms with Crippen LogP contribution in [-0.2, 0) is 20.8 Å². The van der Waals surface area contributed by atoms with E-state index in [0.717, 1.165) is 0 Å². The summed E-state index contributed by atoms with van der Waals surface area (Å²) in [5.41, 5.74) is 0.825. The van der Waals surface area contributed by atoms with Gasteiger partial charge in [-0.3, -0.25) is 4.79 Å². The van der Waals surface area contributed by atoms with Gasteiger partial charge in [0.05, 0.1) is 0 Å². The molecular weight excluding hydrogens is 332 g/mol. The maximum Gasteiger partial charge on any atom is 0.372 e. The number of carbonyl (C=O) groups is 3. The van der Waals surface area contributed by atoms with E-state index in [9.17, 15) is 14.4 Å². The third-order valence-corrected chi connectivity index (χ3v) is 2.98. The molecule has 0 radical (unpaired) electrons. The first-order valence-electron chi connectivity index (χ1n) is 6.94. The van der Waals surface area contributed by atoms with Crippen LogP contribution in [0.3, 0.4) is 0 Å². The molecule has 1 atom stereocenters. The Kier molecular flexibility index (Phi) is 7.11. The van der Waals surface area contributed by atoms with Crippen LogP contribution in [0.1, 0.15) is 17.2 Å². The molecule has 25 heavy (non-hydrogen) atoms. The number of aliphatic hydroxyl groups is 1. The van der Waals surface area contributed by atoms with Crippen LogP contribution >= 0.6 is 0 Å². The van der Waals surface area contributed by atoms with Crippen LogP contribution in [0.5, 0.6) is 11.5 Å².